The molecule has 1 aromatic carbocycles. The first kappa shape index (κ1) is 14.4. The monoisotopic (exact) mass is 363 g/mol. The fraction of sp³-hybridized carbons (Fsp3) is 0.231. The van der Waals surface area contributed by atoms with E-state index in [4.69, 9.17) is 23.2 Å². The molecule has 0 unspecified atom stereocenters. The van der Waals surface area contributed by atoms with Gasteiger partial charge >= 0.3 is 0 Å². The topological polar surface area (TPSA) is 12.0 Å². The summed E-state index contributed by atoms with van der Waals surface area (Å²) in [5, 5.41) is 4.61. The Morgan fingerprint density at radius 2 is 1.94 bits per heavy atom. The number of rotatable bonds is 5. The summed E-state index contributed by atoms with van der Waals surface area (Å²) >= 11 is 17.1. The summed E-state index contributed by atoms with van der Waals surface area (Å²) in [6.07, 6.45) is 1.04. The van der Waals surface area contributed by atoms with Crippen LogP contribution in [0, 0.1) is 0 Å². The molecule has 0 aliphatic carbocycles. The number of halogens is 3. The number of benzene rings is 1. The Hall–Kier alpha value is -0.0600. The Balaban J connectivity index is 1.76. The molecule has 2 aromatic rings. The number of hydrogen-bond donors (Lipinski definition) is 1. The largest absolute Gasteiger partial charge is 0.312 e. The van der Waals surface area contributed by atoms with Crippen molar-refractivity contribution in [2.24, 2.45) is 0 Å². The van der Waals surface area contributed by atoms with Crippen LogP contribution in [-0.2, 0) is 13.0 Å². The minimum Gasteiger partial charge on any atom is -0.312 e. The third kappa shape index (κ3) is 4.25. The molecular formula is C13H12BrCl2NS. The van der Waals surface area contributed by atoms with Crippen LogP contribution < -0.4 is 5.32 Å². The molecule has 0 fully saturated rings. The standard InChI is InChI=1S/C13H12BrCl2NS/c14-13-4-2-10(18-13)5-6-17-8-9-1-3-11(15)12(16)7-9/h1-4,7,17H,5-6,8H2. The van der Waals surface area contributed by atoms with Crippen molar-refractivity contribution >= 4 is 50.5 Å². The quantitative estimate of drug-likeness (QED) is 0.723. The Bertz CT molecular complexity index is 527. The SMILES string of the molecule is Clc1ccc(CNCCc2ccc(Br)s2)cc1Cl. The normalized spacial score (nSPS) is 10.8. The van der Waals surface area contributed by atoms with Gasteiger partial charge in [-0.15, -0.1) is 11.3 Å². The third-order valence-electron chi connectivity index (χ3n) is 2.49. The van der Waals surface area contributed by atoms with Crippen LogP contribution in [0.2, 0.25) is 10.0 Å². The van der Waals surface area contributed by atoms with Gasteiger partial charge in [-0.2, -0.15) is 0 Å². The Kier molecular flexibility index (Phi) is 5.52. The minimum atomic E-state index is 0.601. The fourth-order valence-corrected chi connectivity index (χ4v) is 3.38. The zero-order valence-electron chi connectivity index (χ0n) is 9.55. The Morgan fingerprint density at radius 1 is 1.11 bits per heavy atom. The van der Waals surface area contributed by atoms with Gasteiger partial charge in [-0.1, -0.05) is 29.3 Å². The van der Waals surface area contributed by atoms with E-state index in [1.807, 2.05) is 18.2 Å². The lowest BCUT2D eigenvalue weighted by molar-refractivity contribution is 0.691. The van der Waals surface area contributed by atoms with E-state index in [2.05, 4.69) is 33.4 Å². The van der Waals surface area contributed by atoms with Crippen LogP contribution in [0.25, 0.3) is 0 Å². The van der Waals surface area contributed by atoms with Crippen molar-refractivity contribution in [2.75, 3.05) is 6.54 Å². The van der Waals surface area contributed by atoms with E-state index in [9.17, 15) is 0 Å². The van der Waals surface area contributed by atoms with E-state index >= 15 is 0 Å². The molecule has 0 spiro atoms. The fourth-order valence-electron chi connectivity index (χ4n) is 1.58. The molecule has 0 saturated heterocycles. The van der Waals surface area contributed by atoms with E-state index in [1.54, 1.807) is 11.3 Å². The third-order valence-corrected chi connectivity index (χ3v) is 4.91. The molecule has 2 rings (SSSR count). The molecular weight excluding hydrogens is 353 g/mol. The predicted octanol–water partition coefficient (Wildman–Crippen LogP) is 5.15. The van der Waals surface area contributed by atoms with E-state index in [0.717, 1.165) is 25.1 Å². The summed E-state index contributed by atoms with van der Waals surface area (Å²) in [6, 6.07) is 9.95. The van der Waals surface area contributed by atoms with Crippen LogP contribution in [0.15, 0.2) is 34.1 Å². The van der Waals surface area contributed by atoms with Crippen molar-refractivity contribution in [3.63, 3.8) is 0 Å². The van der Waals surface area contributed by atoms with Gasteiger partial charge < -0.3 is 5.32 Å². The Labute approximate surface area is 129 Å². The average molecular weight is 365 g/mol. The molecule has 0 bridgehead atoms. The lowest BCUT2D eigenvalue weighted by Gasteiger charge is -2.05. The molecule has 5 heteroatoms. The summed E-state index contributed by atoms with van der Waals surface area (Å²) < 4.78 is 1.18. The molecule has 18 heavy (non-hydrogen) atoms. The Morgan fingerprint density at radius 3 is 2.61 bits per heavy atom. The first-order chi connectivity index (χ1) is 8.65. The summed E-state index contributed by atoms with van der Waals surface area (Å²) in [4.78, 5) is 1.38. The molecule has 0 aliphatic heterocycles. The molecule has 0 radical (unpaired) electrons. The smallest absolute Gasteiger partial charge is 0.0701 e. The number of nitrogens with one attached hydrogen (secondary N) is 1. The maximum absolute atomic E-state index is 5.96. The van der Waals surface area contributed by atoms with Gasteiger partial charge in [0.05, 0.1) is 13.8 Å². The zero-order valence-corrected chi connectivity index (χ0v) is 13.5. The molecule has 0 aliphatic rings. The van der Waals surface area contributed by atoms with Gasteiger partial charge in [-0.3, -0.25) is 0 Å². The predicted molar refractivity (Wildman–Crippen MR) is 83.9 cm³/mol. The van der Waals surface area contributed by atoms with Gasteiger partial charge in [0, 0.05) is 18.0 Å². The van der Waals surface area contributed by atoms with E-state index < -0.39 is 0 Å². The summed E-state index contributed by atoms with van der Waals surface area (Å²) in [5.74, 6) is 0. The van der Waals surface area contributed by atoms with Crippen molar-refractivity contribution < 1.29 is 0 Å². The lowest BCUT2D eigenvalue weighted by Crippen LogP contribution is -2.16. The zero-order chi connectivity index (χ0) is 13.0. The van der Waals surface area contributed by atoms with Crippen LogP contribution in [0.4, 0.5) is 0 Å². The van der Waals surface area contributed by atoms with Crippen molar-refractivity contribution in [1.82, 2.24) is 5.32 Å². The minimum absolute atomic E-state index is 0.601. The van der Waals surface area contributed by atoms with Crippen molar-refractivity contribution in [3.05, 3.63) is 54.6 Å². The van der Waals surface area contributed by atoms with Crippen LogP contribution >= 0.6 is 50.5 Å². The van der Waals surface area contributed by atoms with Gasteiger partial charge in [0.2, 0.25) is 0 Å². The van der Waals surface area contributed by atoms with E-state index in [0.29, 0.717) is 10.0 Å². The first-order valence-electron chi connectivity index (χ1n) is 5.54. The molecule has 0 amide bonds. The van der Waals surface area contributed by atoms with Crippen LogP contribution in [0.5, 0.6) is 0 Å². The van der Waals surface area contributed by atoms with Crippen LogP contribution in [-0.4, -0.2) is 6.54 Å². The summed E-state index contributed by atoms with van der Waals surface area (Å²) in [5.41, 5.74) is 1.15. The molecule has 0 saturated carbocycles. The molecule has 96 valence electrons. The number of thiophene rings is 1. The van der Waals surface area contributed by atoms with Gasteiger partial charge in [0.25, 0.3) is 0 Å². The maximum Gasteiger partial charge on any atom is 0.0701 e. The molecule has 1 nitrogen and oxygen atoms in total. The first-order valence-corrected chi connectivity index (χ1v) is 7.90. The van der Waals surface area contributed by atoms with Crippen molar-refractivity contribution in [2.45, 2.75) is 13.0 Å². The highest BCUT2D eigenvalue weighted by atomic mass is 79.9. The summed E-state index contributed by atoms with van der Waals surface area (Å²) in [7, 11) is 0. The highest BCUT2D eigenvalue weighted by Crippen LogP contribution is 2.23. The van der Waals surface area contributed by atoms with Gasteiger partial charge in [0.1, 0.15) is 0 Å². The van der Waals surface area contributed by atoms with Gasteiger partial charge in [0.15, 0.2) is 0 Å². The molecule has 1 N–H and O–H groups in total. The highest BCUT2D eigenvalue weighted by Gasteiger charge is 2.00. The highest BCUT2D eigenvalue weighted by molar-refractivity contribution is 9.11. The summed E-state index contributed by atoms with van der Waals surface area (Å²) in [6.45, 7) is 1.76. The molecule has 1 heterocycles. The second-order valence-electron chi connectivity index (χ2n) is 3.88. The lowest BCUT2D eigenvalue weighted by atomic mass is 10.2. The average Bonchev–Trinajstić information content (AvgIpc) is 2.75. The van der Waals surface area contributed by atoms with Crippen LogP contribution in [0.3, 0.4) is 0 Å². The maximum atomic E-state index is 5.96. The van der Waals surface area contributed by atoms with Gasteiger partial charge in [-0.25, -0.2) is 0 Å². The van der Waals surface area contributed by atoms with Crippen molar-refractivity contribution in [3.8, 4) is 0 Å². The van der Waals surface area contributed by atoms with E-state index in [1.165, 1.54) is 8.66 Å². The second kappa shape index (κ2) is 6.92. The van der Waals surface area contributed by atoms with Crippen molar-refractivity contribution in [1.29, 1.82) is 0 Å². The number of hydrogen-bond acceptors (Lipinski definition) is 2. The van der Waals surface area contributed by atoms with Crippen LogP contribution in [0.1, 0.15) is 10.4 Å². The second-order valence-corrected chi connectivity index (χ2v) is 7.24. The van der Waals surface area contributed by atoms with Gasteiger partial charge in [-0.05, 0) is 52.2 Å². The molecule has 0 atom stereocenters. The van der Waals surface area contributed by atoms with E-state index in [-0.39, 0.29) is 0 Å². The molecule has 1 aromatic heterocycles.